The number of fused-ring (bicyclic) bond motifs is 2. The number of nitrogens with zero attached hydrogens (tertiary/aromatic N) is 2. The number of carbonyl (C=O) groups excluding carboxylic acids is 1. The molecule has 0 aromatic rings. The van der Waals surface area contributed by atoms with E-state index in [4.69, 9.17) is 0 Å². The van der Waals surface area contributed by atoms with Crippen molar-refractivity contribution in [3.8, 4) is 0 Å². The van der Waals surface area contributed by atoms with Crippen LogP contribution in [0.1, 0.15) is 6.42 Å². The molecule has 2 unspecified atom stereocenters. The largest absolute Gasteiger partial charge is 0.332 e. The zero-order valence-electron chi connectivity index (χ0n) is 7.25. The molecule has 2 fully saturated rings. The highest BCUT2D eigenvalue weighted by Crippen LogP contribution is 2.21. The number of carbonyl (C=O) groups is 1. The molecule has 5 heteroatoms. The number of amides is 1. The Labute approximate surface area is 75.3 Å². The van der Waals surface area contributed by atoms with Gasteiger partial charge < -0.3 is 4.90 Å². The molecule has 0 aromatic heterocycles. The van der Waals surface area contributed by atoms with E-state index in [0.29, 0.717) is 6.54 Å². The molecule has 1 amide bonds. The van der Waals surface area contributed by atoms with Crippen molar-refractivity contribution in [2.45, 2.75) is 18.9 Å². The minimum atomic E-state index is -2.84. The smallest absolute Gasteiger partial charge is 0.315 e. The fourth-order valence-electron chi connectivity index (χ4n) is 2.12. The summed E-state index contributed by atoms with van der Waals surface area (Å²) in [5, 5.41) is 0. The van der Waals surface area contributed by atoms with E-state index in [1.165, 1.54) is 4.90 Å². The summed E-state index contributed by atoms with van der Waals surface area (Å²) in [6, 6.07) is 0.0373. The molecule has 0 aliphatic carbocycles. The molecule has 2 rings (SSSR count). The predicted molar refractivity (Wildman–Crippen MR) is 42.6 cm³/mol. The number of hydrogen-bond acceptors (Lipinski definition) is 2. The first kappa shape index (κ1) is 8.87. The summed E-state index contributed by atoms with van der Waals surface area (Å²) in [4.78, 5) is 14.6. The van der Waals surface area contributed by atoms with Crippen LogP contribution < -0.4 is 0 Å². The van der Waals surface area contributed by atoms with E-state index in [0.717, 1.165) is 26.1 Å². The molecule has 0 spiro atoms. The van der Waals surface area contributed by atoms with Gasteiger partial charge in [-0.2, -0.15) is 8.78 Å². The Morgan fingerprint density at radius 2 is 2.08 bits per heavy atom. The van der Waals surface area contributed by atoms with Crippen LogP contribution in [-0.2, 0) is 4.79 Å². The monoisotopic (exact) mass is 190 g/mol. The van der Waals surface area contributed by atoms with Crippen molar-refractivity contribution in [3.63, 3.8) is 0 Å². The molecule has 2 aliphatic heterocycles. The summed E-state index contributed by atoms with van der Waals surface area (Å²) >= 11 is 0. The third-order valence-corrected chi connectivity index (χ3v) is 2.82. The molecule has 2 heterocycles. The van der Waals surface area contributed by atoms with Gasteiger partial charge in [0.15, 0.2) is 0 Å². The molecule has 0 saturated carbocycles. The van der Waals surface area contributed by atoms with Crippen LogP contribution in [0.3, 0.4) is 0 Å². The van der Waals surface area contributed by atoms with Gasteiger partial charge in [0, 0.05) is 32.2 Å². The molecule has 0 N–H and O–H groups in total. The standard InChI is InChI=1S/C8H12F2N2O/c9-7(10)8(13)12-4-3-11-2-1-6(12)5-11/h6-7H,1-5H2. The lowest BCUT2D eigenvalue weighted by atomic mass is 10.2. The molecule has 3 nitrogen and oxygen atoms in total. The van der Waals surface area contributed by atoms with Crippen LogP contribution in [0.5, 0.6) is 0 Å². The highest BCUT2D eigenvalue weighted by atomic mass is 19.3. The maximum absolute atomic E-state index is 12.1. The van der Waals surface area contributed by atoms with Crippen LogP contribution in [-0.4, -0.2) is 54.4 Å². The van der Waals surface area contributed by atoms with Crippen LogP contribution in [0, 0.1) is 0 Å². The molecule has 2 bridgehead atoms. The number of hydrogen-bond donors (Lipinski definition) is 0. The fourth-order valence-corrected chi connectivity index (χ4v) is 2.12. The van der Waals surface area contributed by atoms with Crippen LogP contribution in [0.4, 0.5) is 8.78 Å². The summed E-state index contributed by atoms with van der Waals surface area (Å²) in [5.41, 5.74) is 0. The van der Waals surface area contributed by atoms with Gasteiger partial charge in [0.25, 0.3) is 5.91 Å². The highest BCUT2D eigenvalue weighted by Gasteiger charge is 2.37. The minimum Gasteiger partial charge on any atom is -0.332 e. The van der Waals surface area contributed by atoms with E-state index < -0.39 is 12.3 Å². The van der Waals surface area contributed by atoms with Crippen molar-refractivity contribution in [1.29, 1.82) is 0 Å². The zero-order chi connectivity index (χ0) is 9.42. The van der Waals surface area contributed by atoms with Gasteiger partial charge in [-0.25, -0.2) is 0 Å². The third-order valence-electron chi connectivity index (χ3n) is 2.82. The minimum absolute atomic E-state index is 0.0373. The van der Waals surface area contributed by atoms with Crippen LogP contribution >= 0.6 is 0 Å². The number of rotatable bonds is 1. The van der Waals surface area contributed by atoms with Crippen molar-refractivity contribution in [2.24, 2.45) is 0 Å². The number of halogens is 2. The summed E-state index contributed by atoms with van der Waals surface area (Å²) in [6.07, 6.45) is -1.99. The molecule has 2 saturated heterocycles. The van der Waals surface area contributed by atoms with E-state index in [1.54, 1.807) is 0 Å². The van der Waals surface area contributed by atoms with E-state index in [9.17, 15) is 13.6 Å². The van der Waals surface area contributed by atoms with E-state index in [1.807, 2.05) is 0 Å². The zero-order valence-corrected chi connectivity index (χ0v) is 7.25. The van der Waals surface area contributed by atoms with Crippen LogP contribution in [0.15, 0.2) is 0 Å². The summed E-state index contributed by atoms with van der Waals surface area (Å²) in [5.74, 6) is -0.994. The Balaban J connectivity index is 2.03. The maximum Gasteiger partial charge on any atom is 0.315 e. The predicted octanol–water partition coefficient (Wildman–Crippen LogP) is 0.168. The molecule has 2 aliphatic rings. The van der Waals surface area contributed by atoms with Gasteiger partial charge in [0.2, 0.25) is 0 Å². The Bertz CT molecular complexity index is 222. The van der Waals surface area contributed by atoms with Crippen molar-refractivity contribution < 1.29 is 13.6 Å². The van der Waals surface area contributed by atoms with Crippen molar-refractivity contribution in [3.05, 3.63) is 0 Å². The third kappa shape index (κ3) is 1.52. The van der Waals surface area contributed by atoms with Crippen LogP contribution in [0.2, 0.25) is 0 Å². The number of piperazine rings is 1. The molecule has 13 heavy (non-hydrogen) atoms. The normalized spacial score (nSPS) is 32.7. The first-order chi connectivity index (χ1) is 6.18. The molecular weight excluding hydrogens is 178 g/mol. The SMILES string of the molecule is O=C(C(F)F)N1CCN2CCC1C2. The van der Waals surface area contributed by atoms with Gasteiger partial charge in [0.1, 0.15) is 0 Å². The van der Waals surface area contributed by atoms with Gasteiger partial charge in [-0.3, -0.25) is 9.69 Å². The lowest BCUT2D eigenvalue weighted by Crippen LogP contribution is -2.51. The quantitative estimate of drug-likeness (QED) is 0.588. The second-order valence-corrected chi connectivity index (χ2v) is 3.58. The van der Waals surface area contributed by atoms with Gasteiger partial charge in [-0.05, 0) is 6.42 Å². The second kappa shape index (κ2) is 3.21. The van der Waals surface area contributed by atoms with Gasteiger partial charge in [-0.15, -0.1) is 0 Å². The van der Waals surface area contributed by atoms with Gasteiger partial charge in [-0.1, -0.05) is 0 Å². The lowest BCUT2D eigenvalue weighted by molar-refractivity contribution is -0.146. The molecule has 74 valence electrons. The second-order valence-electron chi connectivity index (χ2n) is 3.58. The Kier molecular flexibility index (Phi) is 2.19. The molecule has 2 atom stereocenters. The Hall–Kier alpha value is -0.710. The molecule has 0 aromatic carbocycles. The summed E-state index contributed by atoms with van der Waals surface area (Å²) < 4.78 is 24.3. The van der Waals surface area contributed by atoms with Gasteiger partial charge in [0.05, 0.1) is 0 Å². The highest BCUT2D eigenvalue weighted by molar-refractivity contribution is 5.79. The van der Waals surface area contributed by atoms with Gasteiger partial charge >= 0.3 is 6.43 Å². The fraction of sp³-hybridized carbons (Fsp3) is 0.875. The average molecular weight is 190 g/mol. The number of alkyl halides is 2. The Morgan fingerprint density at radius 1 is 1.31 bits per heavy atom. The van der Waals surface area contributed by atoms with E-state index >= 15 is 0 Å². The summed E-state index contributed by atoms with van der Waals surface area (Å²) in [7, 11) is 0. The maximum atomic E-state index is 12.1. The topological polar surface area (TPSA) is 23.6 Å². The average Bonchev–Trinajstić information content (AvgIpc) is 2.47. The van der Waals surface area contributed by atoms with Crippen molar-refractivity contribution >= 4 is 5.91 Å². The first-order valence-corrected chi connectivity index (χ1v) is 4.49. The molecule has 0 radical (unpaired) electrons. The van der Waals surface area contributed by atoms with E-state index in [2.05, 4.69) is 4.90 Å². The van der Waals surface area contributed by atoms with Crippen LogP contribution in [0.25, 0.3) is 0 Å². The van der Waals surface area contributed by atoms with Crippen molar-refractivity contribution in [2.75, 3.05) is 26.2 Å². The molecular formula is C8H12F2N2O. The van der Waals surface area contributed by atoms with E-state index in [-0.39, 0.29) is 6.04 Å². The summed E-state index contributed by atoms with van der Waals surface area (Å²) in [6.45, 7) is 2.93. The lowest BCUT2D eigenvalue weighted by Gasteiger charge is -2.34. The Morgan fingerprint density at radius 3 is 2.77 bits per heavy atom. The first-order valence-electron chi connectivity index (χ1n) is 4.49. The van der Waals surface area contributed by atoms with Crippen molar-refractivity contribution in [1.82, 2.24) is 9.80 Å².